The molecule has 13 atom stereocenters. The zero-order chi connectivity index (χ0) is 34.0. The van der Waals surface area contributed by atoms with Crippen LogP contribution in [0.2, 0.25) is 0 Å². The topological polar surface area (TPSA) is 150 Å². The minimum Gasteiger partial charge on any atom is -0.458 e. The van der Waals surface area contributed by atoms with Crippen molar-refractivity contribution in [1.82, 2.24) is 10.2 Å². The third-order valence-corrected chi connectivity index (χ3v) is 9.99. The monoisotopic (exact) mass is 638 g/mol. The standard InChI is InChI=1S/C33H54N2O10/c1-12-14-41-32(8)16-17(3)24(36)19(5)27-33(9,45-31(40)34-27)23(13-2)43-29(39)21(7)25(37)20(6)28(32)44-30-26(38)22(35(10)11)15-18(4)42-30/h12,17-23,26-28,30,38H,1,13-16H2,2-11H3,(H,34,40)/t17-,18-,19-,20+,21-,22+,23+,26-,27-,28-,30+,32+,33-/m1/s1. The number of hydrogen-bond acceptors (Lipinski definition) is 11. The Balaban J connectivity index is 2.14. The number of carbonyl (C=O) groups excluding carboxylic acids is 4. The van der Waals surface area contributed by atoms with Crippen LogP contribution in [-0.4, -0.2) is 108 Å². The van der Waals surface area contributed by atoms with Gasteiger partial charge in [-0.15, -0.1) is 6.58 Å². The molecule has 3 saturated heterocycles. The lowest BCUT2D eigenvalue weighted by Gasteiger charge is -2.47. The number of nitrogens with zero attached hydrogens (tertiary/aromatic N) is 1. The number of aliphatic hydroxyl groups excluding tert-OH is 1. The van der Waals surface area contributed by atoms with Gasteiger partial charge in [-0.3, -0.25) is 14.4 Å². The van der Waals surface area contributed by atoms with Crippen molar-refractivity contribution >= 4 is 23.6 Å². The molecule has 0 saturated carbocycles. The summed E-state index contributed by atoms with van der Waals surface area (Å²) >= 11 is 0. The molecule has 0 aromatic heterocycles. The number of likely N-dealkylation sites (N-methyl/N-ethyl adjacent to an activating group) is 1. The van der Waals surface area contributed by atoms with Crippen molar-refractivity contribution in [3.63, 3.8) is 0 Å². The Morgan fingerprint density at radius 2 is 1.71 bits per heavy atom. The minimum atomic E-state index is -1.35. The van der Waals surface area contributed by atoms with Gasteiger partial charge in [-0.1, -0.05) is 33.8 Å². The maximum absolute atomic E-state index is 14.1. The maximum Gasteiger partial charge on any atom is 0.408 e. The van der Waals surface area contributed by atoms with Gasteiger partial charge in [0.05, 0.1) is 30.5 Å². The van der Waals surface area contributed by atoms with Crippen LogP contribution in [0.25, 0.3) is 0 Å². The summed E-state index contributed by atoms with van der Waals surface area (Å²) in [6.07, 6.45) is -2.57. The van der Waals surface area contributed by atoms with E-state index in [1.165, 1.54) is 6.92 Å². The van der Waals surface area contributed by atoms with E-state index in [0.717, 1.165) is 0 Å². The Bertz CT molecular complexity index is 1120. The molecule has 3 fully saturated rings. The van der Waals surface area contributed by atoms with Crippen LogP contribution < -0.4 is 5.32 Å². The first-order chi connectivity index (χ1) is 20.9. The molecular formula is C33H54N2O10. The smallest absolute Gasteiger partial charge is 0.408 e. The van der Waals surface area contributed by atoms with Crippen LogP contribution in [0, 0.1) is 23.7 Å². The number of fused-ring (bicyclic) bond motifs is 1. The molecule has 0 aliphatic carbocycles. The first-order valence-electron chi connectivity index (χ1n) is 16.1. The van der Waals surface area contributed by atoms with Gasteiger partial charge >= 0.3 is 12.1 Å². The van der Waals surface area contributed by atoms with Crippen molar-refractivity contribution in [3.05, 3.63) is 12.7 Å². The number of nitrogens with one attached hydrogen (secondary N) is 1. The van der Waals surface area contributed by atoms with Crippen LogP contribution in [-0.2, 0) is 38.1 Å². The van der Waals surface area contributed by atoms with Gasteiger partial charge in [0.2, 0.25) is 0 Å². The van der Waals surface area contributed by atoms with Crippen molar-refractivity contribution in [1.29, 1.82) is 0 Å². The number of Topliss-reactive ketones (excluding diaryl/α,β-unsaturated/α-hetero) is 2. The third kappa shape index (κ3) is 7.62. The van der Waals surface area contributed by atoms with Gasteiger partial charge in [0.15, 0.2) is 17.7 Å². The lowest BCUT2D eigenvalue weighted by molar-refractivity contribution is -0.296. The Morgan fingerprint density at radius 1 is 1.07 bits per heavy atom. The highest BCUT2D eigenvalue weighted by Crippen LogP contribution is 2.40. The van der Waals surface area contributed by atoms with Gasteiger partial charge in [-0.2, -0.15) is 0 Å². The summed E-state index contributed by atoms with van der Waals surface area (Å²) in [5.74, 6) is -4.94. The summed E-state index contributed by atoms with van der Waals surface area (Å²) < 4.78 is 30.6. The molecule has 0 unspecified atom stereocenters. The van der Waals surface area contributed by atoms with E-state index in [4.69, 9.17) is 23.7 Å². The SMILES string of the molecule is C=CCO[C@@]1(C)C[C@@H](C)C(=O)[C@@H](C)[C@H]2NC(=O)O[C@]2(C)[C@H](CC)OC(=O)[C@H](C)C(=O)[C@H](C)[C@H]1O[C@@H]1O[C@H](C)C[C@H](N(C)C)[C@H]1O. The molecule has 12 nitrogen and oxygen atoms in total. The van der Waals surface area contributed by atoms with Gasteiger partial charge in [0.25, 0.3) is 0 Å². The summed E-state index contributed by atoms with van der Waals surface area (Å²) in [6, 6.07) is -1.07. The van der Waals surface area contributed by atoms with Crippen LogP contribution in [0.5, 0.6) is 0 Å². The van der Waals surface area contributed by atoms with Crippen molar-refractivity contribution in [3.8, 4) is 0 Å². The number of esters is 1. The maximum atomic E-state index is 14.1. The Morgan fingerprint density at radius 3 is 2.29 bits per heavy atom. The summed E-state index contributed by atoms with van der Waals surface area (Å²) in [7, 11) is 3.73. The molecule has 256 valence electrons. The van der Waals surface area contributed by atoms with Crippen molar-refractivity contribution in [2.45, 2.75) is 129 Å². The second kappa shape index (κ2) is 14.6. The fourth-order valence-corrected chi connectivity index (χ4v) is 7.38. The number of aliphatic hydroxyl groups is 1. The molecule has 0 radical (unpaired) electrons. The number of amides is 1. The second-order valence-corrected chi connectivity index (χ2v) is 13.8. The Kier molecular flexibility index (Phi) is 12.0. The molecule has 3 heterocycles. The number of hydrogen-bond donors (Lipinski definition) is 2. The molecule has 0 bridgehead atoms. The van der Waals surface area contributed by atoms with E-state index in [1.54, 1.807) is 47.6 Å². The van der Waals surface area contributed by atoms with Crippen LogP contribution in [0.3, 0.4) is 0 Å². The average Bonchev–Trinajstić information content (AvgIpc) is 3.30. The predicted molar refractivity (Wildman–Crippen MR) is 165 cm³/mol. The molecule has 1 amide bonds. The van der Waals surface area contributed by atoms with Crippen molar-refractivity contribution < 1.29 is 48.0 Å². The largest absolute Gasteiger partial charge is 0.458 e. The number of alkyl carbamates (subject to hydrolysis) is 1. The van der Waals surface area contributed by atoms with Crippen LogP contribution in [0.1, 0.15) is 74.7 Å². The van der Waals surface area contributed by atoms with Crippen molar-refractivity contribution in [2.24, 2.45) is 23.7 Å². The highest BCUT2D eigenvalue weighted by molar-refractivity contribution is 6.00. The van der Waals surface area contributed by atoms with Gasteiger partial charge in [0, 0.05) is 23.8 Å². The van der Waals surface area contributed by atoms with E-state index in [2.05, 4.69) is 11.9 Å². The fourth-order valence-electron chi connectivity index (χ4n) is 7.38. The van der Waals surface area contributed by atoms with Crippen molar-refractivity contribution in [2.75, 3.05) is 20.7 Å². The lowest BCUT2D eigenvalue weighted by atomic mass is 9.73. The summed E-state index contributed by atoms with van der Waals surface area (Å²) in [5, 5.41) is 14.1. The fraction of sp³-hybridized carbons (Fsp3) is 0.818. The number of cyclic esters (lactones) is 1. The molecule has 12 heteroatoms. The van der Waals surface area contributed by atoms with Gasteiger partial charge < -0.3 is 39.0 Å². The van der Waals surface area contributed by atoms with Crippen LogP contribution in [0.4, 0.5) is 4.79 Å². The lowest BCUT2D eigenvalue weighted by Crippen LogP contribution is -2.60. The molecule has 3 aliphatic heterocycles. The van der Waals surface area contributed by atoms with E-state index in [-0.39, 0.29) is 37.4 Å². The third-order valence-electron chi connectivity index (χ3n) is 9.99. The zero-order valence-electron chi connectivity index (χ0n) is 28.5. The first-order valence-corrected chi connectivity index (χ1v) is 16.1. The van der Waals surface area contributed by atoms with Gasteiger partial charge in [0.1, 0.15) is 23.9 Å². The van der Waals surface area contributed by atoms with Gasteiger partial charge in [-0.25, -0.2) is 4.79 Å². The number of ether oxygens (including phenoxy) is 5. The molecule has 45 heavy (non-hydrogen) atoms. The van der Waals surface area contributed by atoms with E-state index in [9.17, 15) is 24.3 Å². The van der Waals surface area contributed by atoms with E-state index < -0.39 is 83.4 Å². The first kappa shape index (κ1) is 37.1. The summed E-state index contributed by atoms with van der Waals surface area (Å²) in [5.41, 5.74) is -2.63. The number of rotatable bonds is 7. The van der Waals surface area contributed by atoms with E-state index in [0.29, 0.717) is 6.42 Å². The highest BCUT2D eigenvalue weighted by Gasteiger charge is 2.57. The van der Waals surface area contributed by atoms with Crippen LogP contribution in [0.15, 0.2) is 12.7 Å². The molecule has 0 spiro atoms. The molecule has 3 aliphatic rings. The number of ketones is 2. The molecule has 3 rings (SSSR count). The van der Waals surface area contributed by atoms with Crippen LogP contribution >= 0.6 is 0 Å². The summed E-state index contributed by atoms with van der Waals surface area (Å²) in [6.45, 7) is 17.5. The molecule has 0 aromatic rings. The Labute approximate surface area is 267 Å². The normalized spacial score (nSPS) is 43.6. The molecular weight excluding hydrogens is 584 g/mol. The predicted octanol–water partition coefficient (Wildman–Crippen LogP) is 3.03. The quantitative estimate of drug-likeness (QED) is 0.241. The van der Waals surface area contributed by atoms with Gasteiger partial charge in [-0.05, 0) is 61.1 Å². The Hall–Kier alpha value is -2.38. The molecule has 0 aromatic carbocycles. The second-order valence-electron chi connectivity index (χ2n) is 13.8. The molecule has 2 N–H and O–H groups in total. The summed E-state index contributed by atoms with van der Waals surface area (Å²) in [4.78, 5) is 56.1. The van der Waals surface area contributed by atoms with E-state index in [1.807, 2.05) is 25.9 Å². The minimum absolute atomic E-state index is 0.0822. The zero-order valence-corrected chi connectivity index (χ0v) is 28.5. The van der Waals surface area contributed by atoms with E-state index >= 15 is 0 Å². The highest BCUT2D eigenvalue weighted by atomic mass is 16.7. The number of carbonyl (C=O) groups is 4. The average molecular weight is 639 g/mol.